The van der Waals surface area contributed by atoms with Gasteiger partial charge in [0.25, 0.3) is 5.91 Å². The summed E-state index contributed by atoms with van der Waals surface area (Å²) in [6, 6.07) is 7.13. The lowest BCUT2D eigenvalue weighted by Gasteiger charge is -2.17. The maximum absolute atomic E-state index is 12.5. The number of amides is 1. The first kappa shape index (κ1) is 13.5. The summed E-state index contributed by atoms with van der Waals surface area (Å²) in [4.78, 5) is 18.4. The van der Waals surface area contributed by atoms with Gasteiger partial charge in [0.1, 0.15) is 6.10 Å². The van der Waals surface area contributed by atoms with E-state index in [1.165, 1.54) is 0 Å². The number of aryl methyl sites for hydroxylation is 1. The molecule has 6 heteroatoms. The van der Waals surface area contributed by atoms with Gasteiger partial charge in [-0.2, -0.15) is 5.10 Å². The van der Waals surface area contributed by atoms with Crippen LogP contribution in [-0.2, 0) is 0 Å². The molecule has 21 heavy (non-hydrogen) atoms. The normalized spacial score (nSPS) is 17.8. The van der Waals surface area contributed by atoms with Crippen molar-refractivity contribution in [2.45, 2.75) is 19.4 Å². The molecule has 0 aliphatic carbocycles. The summed E-state index contributed by atoms with van der Waals surface area (Å²) in [6.07, 6.45) is 4.04. The number of ether oxygens (including phenoxy) is 1. The third-order valence-electron chi connectivity index (χ3n) is 3.50. The summed E-state index contributed by atoms with van der Waals surface area (Å²) in [6.45, 7) is 3.08. The molecule has 1 atom stereocenters. The Hall–Kier alpha value is -2.50. The summed E-state index contributed by atoms with van der Waals surface area (Å²) in [7, 11) is 0. The van der Waals surface area contributed by atoms with Gasteiger partial charge in [-0.05, 0) is 25.1 Å². The van der Waals surface area contributed by atoms with E-state index < -0.39 is 0 Å². The fourth-order valence-electron chi connectivity index (χ4n) is 2.41. The third kappa shape index (κ3) is 2.99. The molecule has 0 saturated carbocycles. The molecule has 0 N–H and O–H groups in total. The average molecular weight is 284 g/mol. The lowest BCUT2D eigenvalue weighted by molar-refractivity contribution is 0.0769. The van der Waals surface area contributed by atoms with E-state index in [0.717, 1.165) is 12.1 Å². The van der Waals surface area contributed by atoms with Gasteiger partial charge in [0.2, 0.25) is 5.88 Å². The van der Waals surface area contributed by atoms with Crippen molar-refractivity contribution >= 4 is 5.91 Å². The summed E-state index contributed by atoms with van der Waals surface area (Å²) in [5, 5.41) is 7.67. The van der Waals surface area contributed by atoms with Gasteiger partial charge in [-0.3, -0.25) is 9.78 Å². The predicted octanol–water partition coefficient (Wildman–Crippen LogP) is 1.47. The van der Waals surface area contributed by atoms with Crippen LogP contribution in [0.4, 0.5) is 0 Å². The topological polar surface area (TPSA) is 68.2 Å². The number of rotatable bonds is 3. The van der Waals surface area contributed by atoms with E-state index in [4.69, 9.17) is 4.74 Å². The van der Waals surface area contributed by atoms with Crippen molar-refractivity contribution in [1.82, 2.24) is 20.1 Å². The fourth-order valence-corrected chi connectivity index (χ4v) is 2.41. The molecule has 3 heterocycles. The van der Waals surface area contributed by atoms with Crippen molar-refractivity contribution in [2.24, 2.45) is 0 Å². The molecule has 0 bridgehead atoms. The SMILES string of the molecule is Cc1ncccc1C(=O)N1CCC(Oc2cccnn2)C1. The summed E-state index contributed by atoms with van der Waals surface area (Å²) in [5.74, 6) is 0.500. The minimum absolute atomic E-state index is 0.00541. The largest absolute Gasteiger partial charge is 0.471 e. The number of hydrogen-bond donors (Lipinski definition) is 0. The van der Waals surface area contributed by atoms with Crippen molar-refractivity contribution in [3.63, 3.8) is 0 Å². The summed E-state index contributed by atoms with van der Waals surface area (Å²) >= 11 is 0. The molecule has 1 amide bonds. The van der Waals surface area contributed by atoms with Crippen molar-refractivity contribution in [3.05, 3.63) is 47.9 Å². The number of carbonyl (C=O) groups excluding carboxylic acids is 1. The van der Waals surface area contributed by atoms with Gasteiger partial charge < -0.3 is 9.64 Å². The molecule has 1 fully saturated rings. The molecule has 1 unspecified atom stereocenters. The fraction of sp³-hybridized carbons (Fsp3) is 0.333. The maximum atomic E-state index is 12.5. The minimum Gasteiger partial charge on any atom is -0.471 e. The van der Waals surface area contributed by atoms with Gasteiger partial charge in [0.05, 0.1) is 12.1 Å². The average Bonchev–Trinajstić information content (AvgIpc) is 2.97. The highest BCUT2D eigenvalue weighted by Gasteiger charge is 2.29. The second kappa shape index (κ2) is 5.87. The summed E-state index contributed by atoms with van der Waals surface area (Å²) < 4.78 is 5.74. The molecule has 6 nitrogen and oxygen atoms in total. The Morgan fingerprint density at radius 3 is 2.95 bits per heavy atom. The standard InChI is InChI=1S/C15H16N4O2/c1-11-13(4-2-7-16-11)15(20)19-9-6-12(10-19)21-14-5-3-8-17-18-14/h2-5,7-8,12H,6,9-10H2,1H3. The smallest absolute Gasteiger partial charge is 0.255 e. The highest BCUT2D eigenvalue weighted by atomic mass is 16.5. The highest BCUT2D eigenvalue weighted by molar-refractivity contribution is 5.95. The van der Waals surface area contributed by atoms with Gasteiger partial charge in [0, 0.05) is 37.1 Å². The number of carbonyl (C=O) groups is 1. The molecule has 0 radical (unpaired) electrons. The number of hydrogen-bond acceptors (Lipinski definition) is 5. The quantitative estimate of drug-likeness (QED) is 0.854. The second-order valence-electron chi connectivity index (χ2n) is 4.98. The van der Waals surface area contributed by atoms with Crippen LogP contribution in [0.2, 0.25) is 0 Å². The first-order valence-corrected chi connectivity index (χ1v) is 6.89. The van der Waals surface area contributed by atoms with Gasteiger partial charge in [-0.15, -0.1) is 5.10 Å². The number of pyridine rings is 1. The molecular weight excluding hydrogens is 268 g/mol. The van der Waals surface area contributed by atoms with Crippen LogP contribution in [0.3, 0.4) is 0 Å². The van der Waals surface area contributed by atoms with Gasteiger partial charge in [-0.1, -0.05) is 0 Å². The molecule has 1 aliphatic rings. The molecule has 2 aromatic rings. The Morgan fingerprint density at radius 2 is 2.19 bits per heavy atom. The van der Waals surface area contributed by atoms with Gasteiger partial charge in [0.15, 0.2) is 0 Å². The van der Waals surface area contributed by atoms with Crippen molar-refractivity contribution in [1.29, 1.82) is 0 Å². The Bertz CT molecular complexity index is 633. The van der Waals surface area contributed by atoms with E-state index in [0.29, 0.717) is 24.5 Å². The van der Waals surface area contributed by atoms with Crippen molar-refractivity contribution in [2.75, 3.05) is 13.1 Å². The molecular formula is C15H16N4O2. The maximum Gasteiger partial charge on any atom is 0.255 e. The molecule has 1 aliphatic heterocycles. The first-order valence-electron chi connectivity index (χ1n) is 6.89. The Labute approximate surface area is 122 Å². The summed E-state index contributed by atoms with van der Waals surface area (Å²) in [5.41, 5.74) is 1.40. The van der Waals surface area contributed by atoms with Crippen LogP contribution in [0.5, 0.6) is 5.88 Å². The lowest BCUT2D eigenvalue weighted by Crippen LogP contribution is -2.31. The van der Waals surface area contributed by atoms with Crippen LogP contribution >= 0.6 is 0 Å². The first-order chi connectivity index (χ1) is 10.2. The zero-order valence-corrected chi connectivity index (χ0v) is 11.8. The van der Waals surface area contributed by atoms with E-state index >= 15 is 0 Å². The molecule has 3 rings (SSSR count). The molecule has 1 saturated heterocycles. The Kier molecular flexibility index (Phi) is 3.77. The molecule has 0 spiro atoms. The monoisotopic (exact) mass is 284 g/mol. The molecule has 2 aromatic heterocycles. The second-order valence-corrected chi connectivity index (χ2v) is 4.98. The van der Waals surface area contributed by atoms with E-state index in [1.807, 2.05) is 13.0 Å². The van der Waals surface area contributed by atoms with Crippen molar-refractivity contribution < 1.29 is 9.53 Å². The van der Waals surface area contributed by atoms with Gasteiger partial charge >= 0.3 is 0 Å². The third-order valence-corrected chi connectivity index (χ3v) is 3.50. The highest BCUT2D eigenvalue weighted by Crippen LogP contribution is 2.18. The van der Waals surface area contributed by atoms with E-state index in [1.54, 1.807) is 35.5 Å². The molecule has 0 aromatic carbocycles. The molecule has 108 valence electrons. The number of nitrogens with zero attached hydrogens (tertiary/aromatic N) is 4. The number of likely N-dealkylation sites (tertiary alicyclic amines) is 1. The van der Waals surface area contributed by atoms with Crippen molar-refractivity contribution in [3.8, 4) is 5.88 Å². The Morgan fingerprint density at radius 1 is 1.33 bits per heavy atom. The van der Waals surface area contributed by atoms with E-state index in [2.05, 4.69) is 15.2 Å². The predicted molar refractivity (Wildman–Crippen MR) is 75.9 cm³/mol. The van der Waals surface area contributed by atoms with E-state index in [9.17, 15) is 4.79 Å². The van der Waals surface area contributed by atoms with Gasteiger partial charge in [-0.25, -0.2) is 0 Å². The zero-order chi connectivity index (χ0) is 14.7. The Balaban J connectivity index is 1.65. The van der Waals surface area contributed by atoms with Crippen LogP contribution in [0.15, 0.2) is 36.7 Å². The van der Waals surface area contributed by atoms with Crippen LogP contribution < -0.4 is 4.74 Å². The van der Waals surface area contributed by atoms with Crippen LogP contribution in [-0.4, -0.2) is 45.2 Å². The lowest BCUT2D eigenvalue weighted by atomic mass is 10.2. The number of aromatic nitrogens is 3. The minimum atomic E-state index is -0.0392. The van der Waals surface area contributed by atoms with Crippen LogP contribution in [0.1, 0.15) is 22.5 Å². The zero-order valence-electron chi connectivity index (χ0n) is 11.8. The van der Waals surface area contributed by atoms with E-state index in [-0.39, 0.29) is 12.0 Å². The van der Waals surface area contributed by atoms with Crippen LogP contribution in [0.25, 0.3) is 0 Å². The van der Waals surface area contributed by atoms with Crippen LogP contribution in [0, 0.1) is 6.92 Å².